The number of aryl methyl sites for hydroxylation is 1. The summed E-state index contributed by atoms with van der Waals surface area (Å²) in [6, 6.07) is 10.9. The van der Waals surface area contributed by atoms with Crippen LogP contribution in [0, 0.1) is 0 Å². The second-order valence-corrected chi connectivity index (χ2v) is 7.98. The van der Waals surface area contributed by atoms with Crippen molar-refractivity contribution in [2.24, 2.45) is 0 Å². The fraction of sp³-hybridized carbons (Fsp3) is 0.476. The third-order valence-corrected chi connectivity index (χ3v) is 5.25. The molecule has 0 radical (unpaired) electrons. The predicted octanol–water partition coefficient (Wildman–Crippen LogP) is 5.09. The largest absolute Gasteiger partial charge is 0.459 e. The summed E-state index contributed by atoms with van der Waals surface area (Å²) >= 11 is 0. The average molecular weight is 308 g/mol. The van der Waals surface area contributed by atoms with Crippen LogP contribution in [-0.4, -0.2) is 11.6 Å². The molecule has 2 aromatic rings. The Morgan fingerprint density at radius 1 is 1.09 bits per heavy atom. The first-order valence-corrected chi connectivity index (χ1v) is 8.71. The fourth-order valence-electron chi connectivity index (χ4n) is 4.36. The van der Waals surface area contributed by atoms with Crippen LogP contribution in [0.3, 0.4) is 0 Å². The van der Waals surface area contributed by atoms with Crippen molar-refractivity contribution >= 4 is 16.7 Å². The number of hydrogen-bond acceptors (Lipinski definition) is 2. The lowest BCUT2D eigenvalue weighted by molar-refractivity contribution is -0.157. The van der Waals surface area contributed by atoms with Crippen molar-refractivity contribution in [3.8, 4) is 0 Å². The summed E-state index contributed by atoms with van der Waals surface area (Å²) in [5, 5.41) is 2.73. The molecule has 23 heavy (non-hydrogen) atoms. The lowest BCUT2D eigenvalue weighted by Crippen LogP contribution is -2.30. The molecule has 0 aliphatic heterocycles. The van der Waals surface area contributed by atoms with E-state index < -0.39 is 5.60 Å². The Kier molecular flexibility index (Phi) is 3.26. The van der Waals surface area contributed by atoms with E-state index in [1.807, 2.05) is 20.8 Å². The molecule has 0 heterocycles. The van der Waals surface area contributed by atoms with Crippen molar-refractivity contribution < 1.29 is 9.53 Å². The van der Waals surface area contributed by atoms with Gasteiger partial charge in [-0.2, -0.15) is 0 Å². The van der Waals surface area contributed by atoms with Crippen LogP contribution in [0.15, 0.2) is 30.3 Å². The van der Waals surface area contributed by atoms with Crippen molar-refractivity contribution in [2.75, 3.05) is 0 Å². The van der Waals surface area contributed by atoms with E-state index in [0.29, 0.717) is 5.92 Å². The summed E-state index contributed by atoms with van der Waals surface area (Å²) in [6.07, 6.45) is 4.39. The summed E-state index contributed by atoms with van der Waals surface area (Å²) in [5.74, 6) is 0.452. The zero-order chi connectivity index (χ0) is 16.2. The average Bonchev–Trinajstić information content (AvgIpc) is 2.50. The van der Waals surface area contributed by atoms with Crippen LogP contribution in [0.4, 0.5) is 0 Å². The van der Waals surface area contributed by atoms with E-state index in [2.05, 4.69) is 30.3 Å². The van der Waals surface area contributed by atoms with Gasteiger partial charge in [0.05, 0.1) is 5.92 Å². The summed E-state index contributed by atoms with van der Waals surface area (Å²) in [4.78, 5) is 12.7. The second kappa shape index (κ2) is 5.09. The number of carbonyl (C=O) groups excluding carboxylic acids is 1. The summed E-state index contributed by atoms with van der Waals surface area (Å²) in [6.45, 7) is 5.83. The minimum absolute atomic E-state index is 0.0606. The molecule has 2 aromatic carbocycles. The number of benzene rings is 2. The maximum atomic E-state index is 12.7. The smallest absolute Gasteiger partial charge is 0.313 e. The Morgan fingerprint density at radius 3 is 2.70 bits per heavy atom. The molecule has 2 aliphatic rings. The van der Waals surface area contributed by atoms with E-state index >= 15 is 0 Å². The lowest BCUT2D eigenvalue weighted by atomic mass is 9.69. The van der Waals surface area contributed by atoms with Gasteiger partial charge in [-0.1, -0.05) is 30.3 Å². The van der Waals surface area contributed by atoms with Crippen molar-refractivity contribution in [1.82, 2.24) is 0 Å². The van der Waals surface area contributed by atoms with Crippen LogP contribution < -0.4 is 0 Å². The molecule has 2 heteroatoms. The molecule has 0 fully saturated rings. The molecule has 0 spiro atoms. The monoisotopic (exact) mass is 308 g/mol. The molecule has 2 nitrogen and oxygen atoms in total. The van der Waals surface area contributed by atoms with Gasteiger partial charge in [-0.05, 0) is 79.8 Å². The van der Waals surface area contributed by atoms with Gasteiger partial charge in [0, 0.05) is 0 Å². The lowest BCUT2D eigenvalue weighted by Gasteiger charge is -2.36. The zero-order valence-corrected chi connectivity index (χ0v) is 14.2. The standard InChI is InChI=1S/C21H24O2/c1-21(2,3)23-20(22)17-12-10-15-8-7-13-5-4-6-14-9-11-16(17)19(15)18(13)14/h4-6,9,11,15,17H,7-8,10,12H2,1-3H3. The topological polar surface area (TPSA) is 26.3 Å². The third kappa shape index (κ3) is 2.45. The Hall–Kier alpha value is -1.83. The summed E-state index contributed by atoms with van der Waals surface area (Å²) < 4.78 is 5.69. The molecule has 0 bridgehead atoms. The maximum absolute atomic E-state index is 12.7. The molecule has 2 unspecified atom stereocenters. The second-order valence-electron chi connectivity index (χ2n) is 7.98. The van der Waals surface area contributed by atoms with Crippen LogP contribution >= 0.6 is 0 Å². The quantitative estimate of drug-likeness (QED) is 0.686. The molecule has 0 N–H and O–H groups in total. The van der Waals surface area contributed by atoms with E-state index in [9.17, 15) is 4.79 Å². The highest BCUT2D eigenvalue weighted by atomic mass is 16.6. The van der Waals surface area contributed by atoms with Crippen molar-refractivity contribution in [3.05, 3.63) is 47.0 Å². The van der Waals surface area contributed by atoms with Crippen molar-refractivity contribution in [2.45, 2.75) is 63.9 Å². The Morgan fingerprint density at radius 2 is 1.91 bits per heavy atom. The maximum Gasteiger partial charge on any atom is 0.313 e. The van der Waals surface area contributed by atoms with E-state index in [1.165, 1.54) is 33.9 Å². The van der Waals surface area contributed by atoms with Gasteiger partial charge in [0.2, 0.25) is 0 Å². The highest BCUT2D eigenvalue weighted by Crippen LogP contribution is 2.48. The van der Waals surface area contributed by atoms with Gasteiger partial charge in [0.1, 0.15) is 5.60 Å². The van der Waals surface area contributed by atoms with Crippen LogP contribution in [0.2, 0.25) is 0 Å². The van der Waals surface area contributed by atoms with Gasteiger partial charge in [0.15, 0.2) is 0 Å². The predicted molar refractivity (Wildman–Crippen MR) is 92.8 cm³/mol. The normalized spacial score (nSPS) is 22.9. The van der Waals surface area contributed by atoms with Gasteiger partial charge in [-0.3, -0.25) is 4.79 Å². The van der Waals surface area contributed by atoms with E-state index in [1.54, 1.807) is 0 Å². The number of rotatable bonds is 1. The zero-order valence-electron chi connectivity index (χ0n) is 14.2. The van der Waals surface area contributed by atoms with Crippen molar-refractivity contribution in [3.63, 3.8) is 0 Å². The fourth-order valence-corrected chi connectivity index (χ4v) is 4.36. The minimum Gasteiger partial charge on any atom is -0.459 e. The SMILES string of the molecule is CC(C)(C)OC(=O)C1CCC2CCc3cccc4ccc1c2c34. The van der Waals surface area contributed by atoms with Gasteiger partial charge >= 0.3 is 5.97 Å². The van der Waals surface area contributed by atoms with Crippen molar-refractivity contribution in [1.29, 1.82) is 0 Å². The first kappa shape index (κ1) is 14.7. The van der Waals surface area contributed by atoms with E-state index in [0.717, 1.165) is 19.3 Å². The van der Waals surface area contributed by atoms with Gasteiger partial charge < -0.3 is 4.74 Å². The van der Waals surface area contributed by atoms with Gasteiger partial charge in [-0.15, -0.1) is 0 Å². The highest BCUT2D eigenvalue weighted by molar-refractivity contribution is 5.93. The number of ether oxygens (including phenoxy) is 1. The Bertz CT molecular complexity index is 782. The molecule has 0 saturated heterocycles. The Balaban J connectivity index is 1.85. The molecule has 0 aromatic heterocycles. The molecule has 2 atom stereocenters. The summed E-state index contributed by atoms with van der Waals surface area (Å²) in [7, 11) is 0. The molecule has 0 amide bonds. The molecule has 2 aliphatic carbocycles. The number of esters is 1. The molecule has 120 valence electrons. The first-order chi connectivity index (χ1) is 10.9. The first-order valence-electron chi connectivity index (χ1n) is 8.71. The molecule has 4 rings (SSSR count). The van der Waals surface area contributed by atoms with Gasteiger partial charge in [0.25, 0.3) is 0 Å². The van der Waals surface area contributed by atoms with Crippen LogP contribution in [0.5, 0.6) is 0 Å². The molecular weight excluding hydrogens is 284 g/mol. The number of hydrogen-bond donors (Lipinski definition) is 0. The molecular formula is C21H24O2. The highest BCUT2D eigenvalue weighted by Gasteiger charge is 2.36. The van der Waals surface area contributed by atoms with Gasteiger partial charge in [-0.25, -0.2) is 0 Å². The number of carbonyl (C=O) groups is 1. The van der Waals surface area contributed by atoms with Crippen LogP contribution in [0.1, 0.15) is 68.6 Å². The Labute approximate surface area is 137 Å². The minimum atomic E-state index is -0.423. The van der Waals surface area contributed by atoms with E-state index in [-0.39, 0.29) is 11.9 Å². The third-order valence-electron chi connectivity index (χ3n) is 5.25. The summed E-state index contributed by atoms with van der Waals surface area (Å²) in [5.41, 5.74) is 3.68. The van der Waals surface area contributed by atoms with E-state index in [4.69, 9.17) is 4.74 Å². The van der Waals surface area contributed by atoms with Crippen LogP contribution in [0.25, 0.3) is 10.8 Å². The van der Waals surface area contributed by atoms with Crippen LogP contribution in [-0.2, 0) is 16.0 Å². The molecule has 0 saturated carbocycles.